The first-order valence-electron chi connectivity index (χ1n) is 20.8. The lowest BCUT2D eigenvalue weighted by atomic mass is 9.70. The molecule has 8 aromatic carbocycles. The van der Waals surface area contributed by atoms with Gasteiger partial charge < -0.3 is 29.2 Å². The van der Waals surface area contributed by atoms with Gasteiger partial charge >= 0.3 is 0 Å². The van der Waals surface area contributed by atoms with E-state index in [-0.39, 0.29) is 13.2 Å². The van der Waals surface area contributed by atoms with Crippen LogP contribution in [0.4, 0.5) is 0 Å². The molecule has 0 saturated carbocycles. The third kappa shape index (κ3) is 6.10. The van der Waals surface area contributed by atoms with Crippen LogP contribution in [-0.2, 0) is 20.7 Å². The van der Waals surface area contributed by atoms with Crippen LogP contribution in [-0.4, -0.2) is 35.6 Å². The largest absolute Gasteiger partial charge is 0.457 e. The standard InChI is InChI=1S/C54H46O6/c1-35(55)31-33-57-53(41-19-7-11-23-47(41)59-48-24-12-8-20-42(48)53)45-29-27-37-15-3-5-17-39(37)51(45)52-40-18-6-4-16-38(40)28-30-46(52)54(58-34-32-36(2)56)43-21-9-13-25-49(43)60-50-26-14-10-22-44(50)54/h3-30,35-36,55-56H,31-34H2,1-2H3/t35-,36-/m1/s1. The van der Waals surface area contributed by atoms with E-state index in [1.165, 1.54) is 0 Å². The molecule has 0 saturated heterocycles. The number of hydrogen-bond acceptors (Lipinski definition) is 6. The first kappa shape index (κ1) is 38.0. The Morgan fingerprint density at radius 3 is 1.07 bits per heavy atom. The molecule has 8 aromatic rings. The molecular weight excluding hydrogens is 745 g/mol. The summed E-state index contributed by atoms with van der Waals surface area (Å²) >= 11 is 0. The molecule has 2 atom stereocenters. The van der Waals surface area contributed by atoms with Crippen molar-refractivity contribution < 1.29 is 29.2 Å². The highest BCUT2D eigenvalue weighted by atomic mass is 16.5. The molecule has 60 heavy (non-hydrogen) atoms. The van der Waals surface area contributed by atoms with Crippen molar-refractivity contribution in [1.82, 2.24) is 0 Å². The molecule has 0 radical (unpaired) electrons. The van der Waals surface area contributed by atoms with E-state index < -0.39 is 23.4 Å². The Hall–Kier alpha value is -6.28. The second-order valence-electron chi connectivity index (χ2n) is 15.9. The van der Waals surface area contributed by atoms with Crippen molar-refractivity contribution in [3.05, 3.63) is 203 Å². The third-order valence-electron chi connectivity index (χ3n) is 12.1. The van der Waals surface area contributed by atoms with E-state index in [0.717, 1.165) is 66.1 Å². The predicted octanol–water partition coefficient (Wildman–Crippen LogP) is 12.0. The smallest absolute Gasteiger partial charge is 0.151 e. The Balaban J connectivity index is 1.39. The summed E-state index contributed by atoms with van der Waals surface area (Å²) in [7, 11) is 0. The summed E-state index contributed by atoms with van der Waals surface area (Å²) in [5.74, 6) is 2.82. The van der Waals surface area contributed by atoms with E-state index in [9.17, 15) is 10.2 Å². The molecule has 2 N–H and O–H groups in total. The van der Waals surface area contributed by atoms with E-state index in [1.807, 2.05) is 72.8 Å². The van der Waals surface area contributed by atoms with E-state index in [4.69, 9.17) is 18.9 Å². The molecule has 2 aliphatic heterocycles. The Bertz CT molecular complexity index is 2590. The van der Waals surface area contributed by atoms with Crippen molar-refractivity contribution in [2.45, 2.75) is 50.1 Å². The van der Waals surface area contributed by atoms with Crippen molar-refractivity contribution in [3.63, 3.8) is 0 Å². The van der Waals surface area contributed by atoms with Crippen LogP contribution in [0.25, 0.3) is 32.7 Å². The van der Waals surface area contributed by atoms with Gasteiger partial charge in [-0.25, -0.2) is 0 Å². The molecule has 0 unspecified atom stereocenters. The van der Waals surface area contributed by atoms with Gasteiger partial charge in [0.25, 0.3) is 0 Å². The van der Waals surface area contributed by atoms with Crippen LogP contribution in [0.15, 0.2) is 170 Å². The van der Waals surface area contributed by atoms with Crippen LogP contribution >= 0.6 is 0 Å². The van der Waals surface area contributed by atoms with Gasteiger partial charge in [0.15, 0.2) is 11.2 Å². The SMILES string of the molecule is C[C@@H](O)CCOC1(c2ccc3ccccc3c2-c2c(C3(OCC[C@@H](C)O)c4ccccc4Oc4ccccc43)ccc3ccccc23)c2ccccc2Oc2ccccc21. The Morgan fingerprint density at radius 2 is 0.717 bits per heavy atom. The van der Waals surface area contributed by atoms with Crippen LogP contribution in [0.3, 0.4) is 0 Å². The third-order valence-corrected chi connectivity index (χ3v) is 12.1. The number of aliphatic hydroxyl groups is 2. The average molecular weight is 791 g/mol. The molecule has 2 aliphatic rings. The highest BCUT2D eigenvalue weighted by Crippen LogP contribution is 2.59. The van der Waals surface area contributed by atoms with Crippen molar-refractivity contribution >= 4 is 21.5 Å². The zero-order valence-corrected chi connectivity index (χ0v) is 33.7. The normalized spacial score (nSPS) is 15.5. The number of benzene rings is 8. The minimum atomic E-state index is -1.18. The van der Waals surface area contributed by atoms with E-state index in [0.29, 0.717) is 35.8 Å². The monoisotopic (exact) mass is 790 g/mol. The molecule has 0 aromatic heterocycles. The van der Waals surface area contributed by atoms with Gasteiger partial charge in [-0.3, -0.25) is 0 Å². The van der Waals surface area contributed by atoms with Gasteiger partial charge in [0.2, 0.25) is 0 Å². The maximum atomic E-state index is 10.6. The van der Waals surface area contributed by atoms with Gasteiger partial charge in [-0.2, -0.15) is 0 Å². The summed E-state index contributed by atoms with van der Waals surface area (Å²) in [5.41, 5.74) is 4.97. The number of rotatable bonds is 11. The minimum absolute atomic E-state index is 0.277. The second kappa shape index (κ2) is 15.4. The number of aliphatic hydroxyl groups excluding tert-OH is 2. The lowest BCUT2D eigenvalue weighted by Crippen LogP contribution is -2.38. The molecule has 0 aliphatic carbocycles. The Kier molecular flexibility index (Phi) is 9.74. The maximum Gasteiger partial charge on any atom is 0.151 e. The fourth-order valence-electron chi connectivity index (χ4n) is 9.39. The molecular formula is C54H46O6. The van der Waals surface area contributed by atoms with Gasteiger partial charge in [0, 0.05) is 33.4 Å². The van der Waals surface area contributed by atoms with Crippen LogP contribution in [0.2, 0.25) is 0 Å². The van der Waals surface area contributed by atoms with Crippen LogP contribution in [0.5, 0.6) is 23.0 Å². The first-order valence-corrected chi connectivity index (χ1v) is 20.8. The first-order chi connectivity index (χ1) is 29.4. The highest BCUT2D eigenvalue weighted by molar-refractivity contribution is 6.09. The summed E-state index contributed by atoms with van der Waals surface area (Å²) in [4.78, 5) is 0. The van der Waals surface area contributed by atoms with Gasteiger partial charge in [0.05, 0.1) is 25.4 Å². The molecule has 0 bridgehead atoms. The number of para-hydroxylation sites is 4. The molecule has 10 rings (SSSR count). The van der Waals surface area contributed by atoms with Gasteiger partial charge in [-0.05, 0) is 83.6 Å². The number of fused-ring (bicyclic) bond motifs is 6. The second-order valence-corrected chi connectivity index (χ2v) is 15.9. The van der Waals surface area contributed by atoms with E-state index in [2.05, 4.69) is 97.1 Å². The van der Waals surface area contributed by atoms with Crippen molar-refractivity contribution in [2.75, 3.05) is 13.2 Å². The van der Waals surface area contributed by atoms with Crippen molar-refractivity contribution in [2.24, 2.45) is 0 Å². The molecule has 0 fully saturated rings. The predicted molar refractivity (Wildman–Crippen MR) is 237 cm³/mol. The fraction of sp³-hybridized carbons (Fsp3) is 0.185. The van der Waals surface area contributed by atoms with Gasteiger partial charge in [0.1, 0.15) is 23.0 Å². The van der Waals surface area contributed by atoms with E-state index in [1.54, 1.807) is 13.8 Å². The zero-order chi connectivity index (χ0) is 40.8. The molecule has 6 heteroatoms. The number of ether oxygens (including phenoxy) is 4. The molecule has 2 heterocycles. The van der Waals surface area contributed by atoms with Gasteiger partial charge in [-0.15, -0.1) is 0 Å². The van der Waals surface area contributed by atoms with Crippen LogP contribution < -0.4 is 9.47 Å². The summed E-state index contributed by atoms with van der Waals surface area (Å²) in [5, 5.41) is 25.5. The molecule has 6 nitrogen and oxygen atoms in total. The highest BCUT2D eigenvalue weighted by Gasteiger charge is 2.50. The number of hydrogen-bond donors (Lipinski definition) is 2. The zero-order valence-electron chi connectivity index (χ0n) is 33.7. The van der Waals surface area contributed by atoms with Gasteiger partial charge in [-0.1, -0.05) is 146 Å². The average Bonchev–Trinajstić information content (AvgIpc) is 3.27. The Labute approximate surface area is 350 Å². The molecule has 0 amide bonds. The van der Waals surface area contributed by atoms with Crippen LogP contribution in [0.1, 0.15) is 60.1 Å². The summed E-state index contributed by atoms with van der Waals surface area (Å²) in [6.07, 6.45) is -0.271. The topological polar surface area (TPSA) is 77.4 Å². The van der Waals surface area contributed by atoms with E-state index >= 15 is 0 Å². The molecule has 0 spiro atoms. The molecule has 298 valence electrons. The summed E-state index contributed by atoms with van der Waals surface area (Å²) in [6.45, 7) is 4.15. The van der Waals surface area contributed by atoms with Crippen molar-refractivity contribution in [1.29, 1.82) is 0 Å². The maximum absolute atomic E-state index is 10.6. The Morgan fingerprint density at radius 1 is 0.400 bits per heavy atom. The van der Waals surface area contributed by atoms with Crippen LogP contribution in [0, 0.1) is 0 Å². The summed E-state index contributed by atoms with van der Waals surface area (Å²) < 4.78 is 28.2. The lowest BCUT2D eigenvalue weighted by Gasteiger charge is -2.44. The fourth-order valence-corrected chi connectivity index (χ4v) is 9.39. The summed E-state index contributed by atoms with van der Waals surface area (Å²) in [6, 6.07) is 58.4. The lowest BCUT2D eigenvalue weighted by molar-refractivity contribution is -0.00926. The van der Waals surface area contributed by atoms with Crippen molar-refractivity contribution in [3.8, 4) is 34.1 Å². The minimum Gasteiger partial charge on any atom is -0.457 e. The quantitative estimate of drug-likeness (QED) is 0.136.